The Balaban J connectivity index is 1.77. The third-order valence-corrected chi connectivity index (χ3v) is 4.39. The van der Waals surface area contributed by atoms with Gasteiger partial charge in [-0.25, -0.2) is 4.99 Å². The number of aromatic nitrogens is 3. The van der Waals surface area contributed by atoms with E-state index in [1.165, 1.54) is 11.1 Å². The summed E-state index contributed by atoms with van der Waals surface area (Å²) in [7, 11) is 1.97. The Labute approximate surface area is 142 Å². The number of aliphatic imine (C=N–C) groups is 1. The second kappa shape index (κ2) is 7.29. The highest BCUT2D eigenvalue weighted by molar-refractivity contribution is 5.80. The van der Waals surface area contributed by atoms with Crippen LogP contribution in [0.5, 0.6) is 0 Å². The van der Waals surface area contributed by atoms with Crippen molar-refractivity contribution in [3.8, 4) is 0 Å². The molecule has 1 aromatic heterocycles. The summed E-state index contributed by atoms with van der Waals surface area (Å²) in [4.78, 5) is 7.05. The highest BCUT2D eigenvalue weighted by atomic mass is 15.3. The van der Waals surface area contributed by atoms with Gasteiger partial charge in [0.2, 0.25) is 0 Å². The van der Waals surface area contributed by atoms with Crippen LogP contribution < -0.4 is 5.32 Å². The summed E-state index contributed by atoms with van der Waals surface area (Å²) in [5.41, 5.74) is 2.80. The van der Waals surface area contributed by atoms with Crippen molar-refractivity contribution in [3.05, 3.63) is 59.7 Å². The van der Waals surface area contributed by atoms with Gasteiger partial charge in [0.05, 0.1) is 0 Å². The van der Waals surface area contributed by atoms with Crippen molar-refractivity contribution in [2.24, 2.45) is 12.0 Å². The van der Waals surface area contributed by atoms with Crippen LogP contribution in [0.1, 0.15) is 22.8 Å². The van der Waals surface area contributed by atoms with Crippen LogP contribution in [0.4, 0.5) is 0 Å². The van der Waals surface area contributed by atoms with Crippen molar-refractivity contribution < 1.29 is 0 Å². The highest BCUT2D eigenvalue weighted by Crippen LogP contribution is 2.18. The number of aryl methyl sites for hydroxylation is 1. The van der Waals surface area contributed by atoms with Crippen LogP contribution in [-0.4, -0.2) is 38.7 Å². The molecule has 6 heteroatoms. The van der Waals surface area contributed by atoms with Crippen molar-refractivity contribution in [3.63, 3.8) is 0 Å². The van der Waals surface area contributed by atoms with Gasteiger partial charge in [0.25, 0.3) is 0 Å². The molecule has 1 aliphatic heterocycles. The molecule has 0 bridgehead atoms. The predicted molar refractivity (Wildman–Crippen MR) is 95.6 cm³/mol. The second-order valence-electron chi connectivity index (χ2n) is 5.97. The molecular weight excluding hydrogens is 300 g/mol. The molecule has 1 aromatic carbocycles. The van der Waals surface area contributed by atoms with E-state index in [0.29, 0.717) is 13.1 Å². The summed E-state index contributed by atoms with van der Waals surface area (Å²) in [6.45, 7) is 8.76. The molecular formula is C18H24N6. The Bertz CT molecular complexity index is 746. The van der Waals surface area contributed by atoms with Gasteiger partial charge in [0.15, 0.2) is 11.8 Å². The molecule has 1 N–H and O–H groups in total. The topological polar surface area (TPSA) is 58.3 Å². The van der Waals surface area contributed by atoms with Gasteiger partial charge < -0.3 is 14.8 Å². The lowest BCUT2D eigenvalue weighted by Gasteiger charge is -2.31. The highest BCUT2D eigenvalue weighted by Gasteiger charge is 2.18. The smallest absolute Gasteiger partial charge is 0.194 e. The van der Waals surface area contributed by atoms with Crippen LogP contribution in [0.15, 0.2) is 41.9 Å². The van der Waals surface area contributed by atoms with Crippen LogP contribution in [-0.2, 0) is 26.6 Å². The van der Waals surface area contributed by atoms with Gasteiger partial charge >= 0.3 is 0 Å². The van der Waals surface area contributed by atoms with Crippen molar-refractivity contribution in [1.29, 1.82) is 0 Å². The Hall–Kier alpha value is -2.63. The number of fused-ring (bicyclic) bond motifs is 1. The summed E-state index contributed by atoms with van der Waals surface area (Å²) >= 11 is 0. The first kappa shape index (κ1) is 16.2. The van der Waals surface area contributed by atoms with Crippen LogP contribution in [0.3, 0.4) is 0 Å². The standard InChI is InChI=1S/C18H24N6/c1-4-10-19-18(20-12-17-22-21-14(2)23(17)3)24-11-9-15-7-5-6-8-16(15)13-24/h4-8H,1,9-13H2,2-3H3,(H,19,20). The first-order valence-electron chi connectivity index (χ1n) is 8.25. The number of benzene rings is 1. The van der Waals surface area contributed by atoms with E-state index in [2.05, 4.69) is 51.3 Å². The Morgan fingerprint density at radius 3 is 2.83 bits per heavy atom. The minimum absolute atomic E-state index is 0.509. The van der Waals surface area contributed by atoms with Gasteiger partial charge in [-0.15, -0.1) is 16.8 Å². The van der Waals surface area contributed by atoms with E-state index in [4.69, 9.17) is 4.99 Å². The summed E-state index contributed by atoms with van der Waals surface area (Å²) < 4.78 is 1.97. The van der Waals surface area contributed by atoms with E-state index in [0.717, 1.165) is 37.1 Å². The van der Waals surface area contributed by atoms with Gasteiger partial charge in [-0.3, -0.25) is 0 Å². The zero-order chi connectivity index (χ0) is 16.9. The fourth-order valence-corrected chi connectivity index (χ4v) is 2.84. The number of hydrogen-bond acceptors (Lipinski definition) is 3. The van der Waals surface area contributed by atoms with Crippen LogP contribution in [0.2, 0.25) is 0 Å². The lowest BCUT2D eigenvalue weighted by Crippen LogP contribution is -2.44. The second-order valence-corrected chi connectivity index (χ2v) is 5.97. The molecule has 2 heterocycles. The monoisotopic (exact) mass is 324 g/mol. The molecule has 3 rings (SSSR count). The molecule has 0 unspecified atom stereocenters. The van der Waals surface area contributed by atoms with Crippen molar-refractivity contribution in [2.75, 3.05) is 13.1 Å². The quantitative estimate of drug-likeness (QED) is 0.529. The van der Waals surface area contributed by atoms with Gasteiger partial charge in [0, 0.05) is 26.7 Å². The Morgan fingerprint density at radius 1 is 1.33 bits per heavy atom. The third-order valence-electron chi connectivity index (χ3n) is 4.39. The molecule has 0 amide bonds. The van der Waals surface area contributed by atoms with E-state index in [1.54, 1.807) is 0 Å². The number of hydrogen-bond donors (Lipinski definition) is 1. The van der Waals surface area contributed by atoms with Crippen LogP contribution in [0.25, 0.3) is 0 Å². The zero-order valence-electron chi connectivity index (χ0n) is 14.4. The minimum atomic E-state index is 0.509. The molecule has 0 spiro atoms. The lowest BCUT2D eigenvalue weighted by molar-refractivity contribution is 0.379. The number of guanidine groups is 1. The predicted octanol–water partition coefficient (Wildman–Crippen LogP) is 1.81. The molecule has 6 nitrogen and oxygen atoms in total. The minimum Gasteiger partial charge on any atom is -0.353 e. The summed E-state index contributed by atoms with van der Waals surface area (Å²) in [5.74, 6) is 2.65. The number of nitrogens with one attached hydrogen (secondary N) is 1. The maximum absolute atomic E-state index is 4.76. The maximum atomic E-state index is 4.76. The van der Waals surface area contributed by atoms with Gasteiger partial charge in [-0.2, -0.15) is 0 Å². The molecule has 126 valence electrons. The molecule has 0 radical (unpaired) electrons. The van der Waals surface area contributed by atoms with Crippen molar-refractivity contribution in [2.45, 2.75) is 26.4 Å². The van der Waals surface area contributed by atoms with Gasteiger partial charge in [-0.05, 0) is 24.5 Å². The van der Waals surface area contributed by atoms with E-state index in [-0.39, 0.29) is 0 Å². The fraction of sp³-hybridized carbons (Fsp3) is 0.389. The van der Waals surface area contributed by atoms with Gasteiger partial charge in [0.1, 0.15) is 12.4 Å². The van der Waals surface area contributed by atoms with Crippen molar-refractivity contribution in [1.82, 2.24) is 25.0 Å². The first-order valence-corrected chi connectivity index (χ1v) is 8.25. The van der Waals surface area contributed by atoms with E-state index in [1.807, 2.05) is 24.6 Å². The summed E-state index contributed by atoms with van der Waals surface area (Å²) in [6.07, 6.45) is 2.88. The maximum Gasteiger partial charge on any atom is 0.194 e. The largest absolute Gasteiger partial charge is 0.353 e. The molecule has 0 aliphatic carbocycles. The Kier molecular flexibility index (Phi) is 4.93. The summed E-state index contributed by atoms with van der Waals surface area (Å²) in [6, 6.07) is 8.61. The van der Waals surface area contributed by atoms with Crippen LogP contribution >= 0.6 is 0 Å². The molecule has 0 fully saturated rings. The average molecular weight is 324 g/mol. The van der Waals surface area contributed by atoms with E-state index in [9.17, 15) is 0 Å². The van der Waals surface area contributed by atoms with Crippen molar-refractivity contribution >= 4 is 5.96 Å². The zero-order valence-corrected chi connectivity index (χ0v) is 14.4. The normalized spacial score (nSPS) is 14.4. The molecule has 0 saturated heterocycles. The molecule has 24 heavy (non-hydrogen) atoms. The SMILES string of the molecule is C=CCNC(=NCc1nnc(C)n1C)N1CCc2ccccc2C1. The molecule has 0 atom stereocenters. The summed E-state index contributed by atoms with van der Waals surface area (Å²) in [5, 5.41) is 11.6. The molecule has 2 aromatic rings. The lowest BCUT2D eigenvalue weighted by atomic mass is 10.0. The molecule has 1 aliphatic rings. The average Bonchev–Trinajstić information content (AvgIpc) is 2.93. The number of nitrogens with zero attached hydrogens (tertiary/aromatic N) is 5. The van der Waals surface area contributed by atoms with Crippen LogP contribution in [0, 0.1) is 6.92 Å². The fourth-order valence-electron chi connectivity index (χ4n) is 2.84. The van der Waals surface area contributed by atoms with E-state index >= 15 is 0 Å². The molecule has 0 saturated carbocycles. The first-order chi connectivity index (χ1) is 11.7. The Morgan fingerprint density at radius 2 is 2.12 bits per heavy atom. The number of rotatable bonds is 4. The third kappa shape index (κ3) is 3.48. The van der Waals surface area contributed by atoms with E-state index < -0.39 is 0 Å². The van der Waals surface area contributed by atoms with Gasteiger partial charge in [-0.1, -0.05) is 30.3 Å².